The first-order valence-electron chi connectivity index (χ1n) is 6.02. The van der Waals surface area contributed by atoms with Crippen LogP contribution in [0.3, 0.4) is 0 Å². The number of hydrogen-bond donors (Lipinski definition) is 1. The van der Waals surface area contributed by atoms with Gasteiger partial charge < -0.3 is 10.1 Å². The minimum Gasteiger partial charge on any atom is -0.367 e. The number of nitriles is 1. The summed E-state index contributed by atoms with van der Waals surface area (Å²) in [6.45, 7) is 8.22. The Morgan fingerprint density at radius 1 is 1.33 bits per heavy atom. The minimum atomic E-state index is -0.298. The molecule has 0 bridgehead atoms. The van der Waals surface area contributed by atoms with E-state index in [0.29, 0.717) is 11.5 Å². The average molecular weight is 246 g/mol. The summed E-state index contributed by atoms with van der Waals surface area (Å²) in [6, 6.07) is 2.15. The highest BCUT2D eigenvalue weighted by Crippen LogP contribution is 2.38. The van der Waals surface area contributed by atoms with Gasteiger partial charge in [-0.15, -0.1) is 0 Å². The Hall–Kier alpha value is -1.67. The summed E-state index contributed by atoms with van der Waals surface area (Å²) < 4.78 is 6.00. The lowest BCUT2D eigenvalue weighted by Gasteiger charge is -2.28. The maximum atomic E-state index is 9.00. The fraction of sp³-hybridized carbons (Fsp3) is 0.615. The predicted octanol–water partition coefficient (Wildman–Crippen LogP) is 2.11. The third-order valence-electron chi connectivity index (χ3n) is 3.19. The van der Waals surface area contributed by atoms with Crippen LogP contribution in [0, 0.1) is 11.3 Å². The van der Waals surface area contributed by atoms with Gasteiger partial charge in [-0.25, -0.2) is 9.97 Å². The molecule has 1 atom stereocenters. The van der Waals surface area contributed by atoms with Crippen molar-refractivity contribution in [1.82, 2.24) is 9.97 Å². The van der Waals surface area contributed by atoms with Crippen LogP contribution in [0.15, 0.2) is 12.4 Å². The van der Waals surface area contributed by atoms with Gasteiger partial charge in [0, 0.05) is 12.4 Å². The third-order valence-corrected chi connectivity index (χ3v) is 3.19. The Morgan fingerprint density at radius 2 is 2.00 bits per heavy atom. The maximum Gasteiger partial charge on any atom is 0.182 e. The van der Waals surface area contributed by atoms with Crippen molar-refractivity contribution >= 4 is 5.82 Å². The summed E-state index contributed by atoms with van der Waals surface area (Å²) in [5.41, 5.74) is -0.151. The smallest absolute Gasteiger partial charge is 0.182 e. The molecule has 1 aromatic rings. The van der Waals surface area contributed by atoms with Gasteiger partial charge in [-0.3, -0.25) is 0 Å². The van der Waals surface area contributed by atoms with Gasteiger partial charge in [-0.05, 0) is 34.1 Å². The van der Waals surface area contributed by atoms with Crippen LogP contribution in [0.25, 0.3) is 0 Å². The number of rotatable bonds is 2. The normalized spacial score (nSPS) is 24.5. The van der Waals surface area contributed by atoms with Crippen molar-refractivity contribution in [2.75, 3.05) is 5.32 Å². The van der Waals surface area contributed by atoms with Crippen LogP contribution in [0.2, 0.25) is 0 Å². The molecule has 1 fully saturated rings. The lowest BCUT2D eigenvalue weighted by atomic mass is 9.94. The lowest BCUT2D eigenvalue weighted by Crippen LogP contribution is -2.38. The van der Waals surface area contributed by atoms with E-state index in [1.165, 1.54) is 6.20 Å². The van der Waals surface area contributed by atoms with Gasteiger partial charge in [0.05, 0.1) is 17.2 Å². The molecule has 1 unspecified atom stereocenters. The molecule has 5 nitrogen and oxygen atoms in total. The summed E-state index contributed by atoms with van der Waals surface area (Å²) in [7, 11) is 0. The second-order valence-corrected chi connectivity index (χ2v) is 5.73. The van der Waals surface area contributed by atoms with Gasteiger partial charge in [-0.1, -0.05) is 0 Å². The predicted molar refractivity (Wildman–Crippen MR) is 68.0 cm³/mol. The summed E-state index contributed by atoms with van der Waals surface area (Å²) in [5.74, 6) is 0.527. The Kier molecular flexibility index (Phi) is 2.99. The highest BCUT2D eigenvalue weighted by atomic mass is 16.5. The standard InChI is InChI=1S/C13H18N4O/c1-12(2)7-10(13(3,4)18-12)17-11-9(8-14)15-5-6-16-11/h5-6,10H,7H2,1-4H3,(H,16,17). The molecule has 0 aliphatic carbocycles. The van der Waals surface area contributed by atoms with Crippen LogP contribution < -0.4 is 5.32 Å². The van der Waals surface area contributed by atoms with E-state index in [0.717, 1.165) is 6.42 Å². The average Bonchev–Trinajstić information content (AvgIpc) is 2.47. The second-order valence-electron chi connectivity index (χ2n) is 5.73. The number of hydrogen-bond acceptors (Lipinski definition) is 5. The zero-order valence-electron chi connectivity index (χ0n) is 11.2. The number of nitrogens with zero attached hydrogens (tertiary/aromatic N) is 3. The largest absolute Gasteiger partial charge is 0.367 e. The molecule has 0 aromatic carbocycles. The van der Waals surface area contributed by atoms with E-state index in [4.69, 9.17) is 10.00 Å². The van der Waals surface area contributed by atoms with Crippen molar-refractivity contribution in [2.24, 2.45) is 0 Å². The highest BCUT2D eigenvalue weighted by molar-refractivity contribution is 5.48. The Balaban J connectivity index is 2.22. The van der Waals surface area contributed by atoms with Crippen LogP contribution in [-0.2, 0) is 4.74 Å². The SMILES string of the molecule is CC1(C)CC(Nc2nccnc2C#N)C(C)(C)O1. The van der Waals surface area contributed by atoms with Crippen LogP contribution in [0.1, 0.15) is 39.8 Å². The summed E-state index contributed by atoms with van der Waals surface area (Å²) in [5, 5.41) is 12.3. The highest BCUT2D eigenvalue weighted by Gasteiger charge is 2.46. The fourth-order valence-corrected chi connectivity index (χ4v) is 2.48. The van der Waals surface area contributed by atoms with Crippen LogP contribution in [0.5, 0.6) is 0 Å². The van der Waals surface area contributed by atoms with Crippen molar-refractivity contribution < 1.29 is 4.74 Å². The molecular weight excluding hydrogens is 228 g/mol. The number of nitrogens with one attached hydrogen (secondary N) is 1. The van der Waals surface area contributed by atoms with Gasteiger partial charge in [0.1, 0.15) is 6.07 Å². The first-order chi connectivity index (χ1) is 8.34. The fourth-order valence-electron chi connectivity index (χ4n) is 2.48. The molecular formula is C13H18N4O. The molecule has 1 aromatic heterocycles. The number of anilines is 1. The molecule has 1 N–H and O–H groups in total. The van der Waals surface area contributed by atoms with E-state index in [1.54, 1.807) is 6.20 Å². The molecule has 96 valence electrons. The first kappa shape index (κ1) is 12.8. The van der Waals surface area contributed by atoms with Crippen LogP contribution in [0.4, 0.5) is 5.82 Å². The van der Waals surface area contributed by atoms with Gasteiger partial charge in [0.25, 0.3) is 0 Å². The van der Waals surface area contributed by atoms with Crippen LogP contribution >= 0.6 is 0 Å². The molecule has 0 saturated carbocycles. The van der Waals surface area contributed by atoms with Gasteiger partial charge >= 0.3 is 0 Å². The van der Waals surface area contributed by atoms with E-state index in [2.05, 4.69) is 29.1 Å². The summed E-state index contributed by atoms with van der Waals surface area (Å²) >= 11 is 0. The number of ether oxygens (including phenoxy) is 1. The molecule has 5 heteroatoms. The van der Waals surface area contributed by atoms with E-state index in [1.807, 2.05) is 19.9 Å². The molecule has 0 amide bonds. The molecule has 0 radical (unpaired) electrons. The topological polar surface area (TPSA) is 70.8 Å². The maximum absolute atomic E-state index is 9.00. The Bertz CT molecular complexity index is 490. The van der Waals surface area contributed by atoms with Crippen molar-refractivity contribution in [2.45, 2.75) is 51.4 Å². The number of aromatic nitrogens is 2. The van der Waals surface area contributed by atoms with Crippen molar-refractivity contribution in [3.8, 4) is 6.07 Å². The quantitative estimate of drug-likeness (QED) is 0.865. The zero-order chi connectivity index (χ0) is 13.4. The Morgan fingerprint density at radius 3 is 2.56 bits per heavy atom. The molecule has 1 aliphatic rings. The lowest BCUT2D eigenvalue weighted by molar-refractivity contribution is -0.0662. The van der Waals surface area contributed by atoms with Gasteiger partial charge in [0.2, 0.25) is 0 Å². The molecule has 2 heterocycles. The van der Waals surface area contributed by atoms with Gasteiger partial charge in [-0.2, -0.15) is 5.26 Å². The third kappa shape index (κ3) is 2.44. The van der Waals surface area contributed by atoms with Gasteiger partial charge in [0.15, 0.2) is 11.5 Å². The van der Waals surface area contributed by atoms with Crippen molar-refractivity contribution in [1.29, 1.82) is 5.26 Å². The van der Waals surface area contributed by atoms with E-state index < -0.39 is 0 Å². The zero-order valence-corrected chi connectivity index (χ0v) is 11.2. The van der Waals surface area contributed by atoms with E-state index in [9.17, 15) is 0 Å². The van der Waals surface area contributed by atoms with Crippen molar-refractivity contribution in [3.63, 3.8) is 0 Å². The molecule has 2 rings (SSSR count). The van der Waals surface area contributed by atoms with E-state index in [-0.39, 0.29) is 17.2 Å². The van der Waals surface area contributed by atoms with Crippen LogP contribution in [-0.4, -0.2) is 27.2 Å². The summed E-state index contributed by atoms with van der Waals surface area (Å²) in [6.07, 6.45) is 3.96. The molecule has 18 heavy (non-hydrogen) atoms. The second kappa shape index (κ2) is 4.21. The first-order valence-corrected chi connectivity index (χ1v) is 6.02. The monoisotopic (exact) mass is 246 g/mol. The van der Waals surface area contributed by atoms with E-state index >= 15 is 0 Å². The minimum absolute atomic E-state index is 0.108. The molecule has 1 aliphatic heterocycles. The molecule has 1 saturated heterocycles. The Labute approximate surface area is 107 Å². The molecule has 0 spiro atoms. The summed E-state index contributed by atoms with van der Waals surface area (Å²) in [4.78, 5) is 8.17. The van der Waals surface area contributed by atoms with Crippen molar-refractivity contribution in [3.05, 3.63) is 18.1 Å².